The van der Waals surface area contributed by atoms with Gasteiger partial charge in [0.25, 0.3) is 5.91 Å². The summed E-state index contributed by atoms with van der Waals surface area (Å²) in [6, 6.07) is 11.8. The molecule has 2 N–H and O–H groups in total. The Bertz CT molecular complexity index is 774. The number of hydrogen-bond acceptors (Lipinski definition) is 3. The lowest BCUT2D eigenvalue weighted by Gasteiger charge is -2.08. The molecule has 1 amide bonds. The Morgan fingerprint density at radius 3 is 2.30 bits per heavy atom. The van der Waals surface area contributed by atoms with Crippen molar-refractivity contribution in [2.75, 3.05) is 13.7 Å². The molecule has 6 heteroatoms. The summed E-state index contributed by atoms with van der Waals surface area (Å²) in [6.07, 6.45) is 3.15. The number of carbonyl (C=O) groups excluding carboxylic acids is 1. The molecule has 0 aliphatic rings. The van der Waals surface area contributed by atoms with Gasteiger partial charge in [-0.15, -0.1) is 0 Å². The molecule has 144 valence electrons. The van der Waals surface area contributed by atoms with Crippen molar-refractivity contribution in [1.82, 2.24) is 5.32 Å². The van der Waals surface area contributed by atoms with Crippen LogP contribution in [0.25, 0.3) is 11.1 Å². The first-order valence-corrected chi connectivity index (χ1v) is 8.95. The van der Waals surface area contributed by atoms with Crippen molar-refractivity contribution in [2.45, 2.75) is 32.1 Å². The van der Waals surface area contributed by atoms with Crippen molar-refractivity contribution in [2.24, 2.45) is 0 Å². The van der Waals surface area contributed by atoms with Gasteiger partial charge in [-0.1, -0.05) is 31.0 Å². The SMILES string of the molecule is COc1ccc(-c2ccc(C(=O)NCCCCCCC(=O)O)c(F)c2)cc1. The van der Waals surface area contributed by atoms with Crippen molar-refractivity contribution < 1.29 is 23.8 Å². The average molecular weight is 373 g/mol. The second kappa shape index (κ2) is 10.3. The predicted molar refractivity (Wildman–Crippen MR) is 101 cm³/mol. The van der Waals surface area contributed by atoms with E-state index >= 15 is 0 Å². The van der Waals surface area contributed by atoms with E-state index in [0.29, 0.717) is 18.5 Å². The molecule has 27 heavy (non-hydrogen) atoms. The molecule has 0 aromatic heterocycles. The number of amides is 1. The van der Waals surface area contributed by atoms with Gasteiger partial charge < -0.3 is 15.2 Å². The summed E-state index contributed by atoms with van der Waals surface area (Å²) < 4.78 is 19.4. The fraction of sp³-hybridized carbons (Fsp3) is 0.333. The van der Waals surface area contributed by atoms with Crippen LogP contribution in [-0.4, -0.2) is 30.6 Å². The highest BCUT2D eigenvalue weighted by molar-refractivity contribution is 5.95. The Labute approximate surface area is 158 Å². The van der Waals surface area contributed by atoms with Crippen LogP contribution in [0, 0.1) is 5.82 Å². The summed E-state index contributed by atoms with van der Waals surface area (Å²) in [5.74, 6) is -1.09. The van der Waals surface area contributed by atoms with Crippen LogP contribution in [0.3, 0.4) is 0 Å². The Morgan fingerprint density at radius 1 is 1.00 bits per heavy atom. The fourth-order valence-electron chi connectivity index (χ4n) is 2.71. The molecule has 2 rings (SSSR count). The van der Waals surface area contributed by atoms with Gasteiger partial charge in [-0.3, -0.25) is 9.59 Å². The highest BCUT2D eigenvalue weighted by Gasteiger charge is 2.12. The Balaban J connectivity index is 1.85. The van der Waals surface area contributed by atoms with Crippen molar-refractivity contribution >= 4 is 11.9 Å². The molecule has 0 spiro atoms. The molecule has 0 heterocycles. The first kappa shape index (κ1) is 20.4. The predicted octanol–water partition coefficient (Wildman–Crippen LogP) is 4.27. The third kappa shape index (κ3) is 6.40. The summed E-state index contributed by atoms with van der Waals surface area (Å²) >= 11 is 0. The number of benzene rings is 2. The molecule has 0 radical (unpaired) electrons. The molecule has 0 saturated heterocycles. The Hall–Kier alpha value is -2.89. The first-order chi connectivity index (χ1) is 13.0. The van der Waals surface area contributed by atoms with E-state index < -0.39 is 17.7 Å². The number of carboxylic acid groups (broad SMARTS) is 1. The normalized spacial score (nSPS) is 10.4. The van der Waals surface area contributed by atoms with Crippen molar-refractivity contribution in [3.05, 3.63) is 53.8 Å². The van der Waals surface area contributed by atoms with Gasteiger partial charge in [0.15, 0.2) is 0 Å². The third-order valence-electron chi connectivity index (χ3n) is 4.24. The number of carboxylic acids is 1. The van der Waals surface area contributed by atoms with Gasteiger partial charge in [0.2, 0.25) is 0 Å². The maximum atomic E-state index is 14.3. The minimum atomic E-state index is -0.795. The number of ether oxygens (including phenoxy) is 1. The van der Waals surface area contributed by atoms with Crippen LogP contribution < -0.4 is 10.1 Å². The molecule has 5 nitrogen and oxygen atoms in total. The van der Waals surface area contributed by atoms with E-state index in [1.165, 1.54) is 12.1 Å². The number of hydrogen-bond donors (Lipinski definition) is 2. The maximum absolute atomic E-state index is 14.3. The zero-order valence-corrected chi connectivity index (χ0v) is 15.3. The summed E-state index contributed by atoms with van der Waals surface area (Å²) in [6.45, 7) is 0.436. The lowest BCUT2D eigenvalue weighted by molar-refractivity contribution is -0.137. The number of aliphatic carboxylic acids is 1. The van der Waals surface area contributed by atoms with Gasteiger partial charge in [0.1, 0.15) is 11.6 Å². The van der Waals surface area contributed by atoms with E-state index in [1.54, 1.807) is 25.3 Å². The zero-order chi connectivity index (χ0) is 19.6. The van der Waals surface area contributed by atoms with Crippen LogP contribution in [0.1, 0.15) is 42.5 Å². The average Bonchev–Trinajstić information content (AvgIpc) is 2.66. The minimum Gasteiger partial charge on any atom is -0.497 e. The van der Waals surface area contributed by atoms with Crippen molar-refractivity contribution in [1.29, 1.82) is 0 Å². The number of halogens is 1. The zero-order valence-electron chi connectivity index (χ0n) is 15.3. The van der Waals surface area contributed by atoms with Gasteiger partial charge in [-0.2, -0.15) is 0 Å². The van der Waals surface area contributed by atoms with Gasteiger partial charge >= 0.3 is 5.97 Å². The molecule has 0 saturated carbocycles. The monoisotopic (exact) mass is 373 g/mol. The van der Waals surface area contributed by atoms with Gasteiger partial charge in [0, 0.05) is 13.0 Å². The van der Waals surface area contributed by atoms with E-state index in [4.69, 9.17) is 9.84 Å². The molecular formula is C21H24FNO4. The standard InChI is InChI=1S/C21H24FNO4/c1-27-17-10-7-15(8-11-17)16-9-12-18(19(22)14-16)21(26)23-13-5-3-2-4-6-20(24)25/h7-12,14H,2-6,13H2,1H3,(H,23,26)(H,24,25). The lowest BCUT2D eigenvalue weighted by atomic mass is 10.0. The molecule has 0 fully saturated rings. The molecular weight excluding hydrogens is 349 g/mol. The number of nitrogens with one attached hydrogen (secondary N) is 1. The quantitative estimate of drug-likeness (QED) is 0.610. The van der Waals surface area contributed by atoms with Gasteiger partial charge in [-0.25, -0.2) is 4.39 Å². The Kier molecular flexibility index (Phi) is 7.79. The van der Waals surface area contributed by atoms with Crippen LogP contribution in [0.4, 0.5) is 4.39 Å². The van der Waals surface area contributed by atoms with Crippen LogP contribution in [-0.2, 0) is 4.79 Å². The van der Waals surface area contributed by atoms with Gasteiger partial charge in [-0.05, 0) is 48.2 Å². The smallest absolute Gasteiger partial charge is 0.303 e. The summed E-state index contributed by atoms with van der Waals surface area (Å²) in [5.41, 5.74) is 1.53. The largest absolute Gasteiger partial charge is 0.497 e. The van der Waals surface area contributed by atoms with Crippen LogP contribution in [0.15, 0.2) is 42.5 Å². The summed E-state index contributed by atoms with van der Waals surface area (Å²) in [7, 11) is 1.58. The molecule has 0 bridgehead atoms. The number of rotatable bonds is 10. The van der Waals surface area contributed by atoms with Crippen LogP contribution >= 0.6 is 0 Å². The number of methoxy groups -OCH3 is 1. The van der Waals surface area contributed by atoms with Crippen LogP contribution in [0.5, 0.6) is 5.75 Å². The maximum Gasteiger partial charge on any atom is 0.303 e. The second-order valence-corrected chi connectivity index (χ2v) is 6.24. The van der Waals surface area contributed by atoms with E-state index in [0.717, 1.165) is 30.6 Å². The second-order valence-electron chi connectivity index (χ2n) is 6.24. The van der Waals surface area contributed by atoms with Crippen LogP contribution in [0.2, 0.25) is 0 Å². The minimum absolute atomic E-state index is 0.0122. The lowest BCUT2D eigenvalue weighted by Crippen LogP contribution is -2.25. The van der Waals surface area contributed by atoms with Crippen molar-refractivity contribution in [3.8, 4) is 16.9 Å². The highest BCUT2D eigenvalue weighted by Crippen LogP contribution is 2.24. The third-order valence-corrected chi connectivity index (χ3v) is 4.24. The molecule has 2 aromatic carbocycles. The molecule has 0 aliphatic heterocycles. The topological polar surface area (TPSA) is 75.6 Å². The first-order valence-electron chi connectivity index (χ1n) is 8.95. The summed E-state index contributed by atoms with van der Waals surface area (Å²) in [5, 5.41) is 11.3. The van der Waals surface area contributed by atoms with Gasteiger partial charge in [0.05, 0.1) is 12.7 Å². The van der Waals surface area contributed by atoms with E-state index in [-0.39, 0.29) is 12.0 Å². The molecule has 2 aromatic rings. The molecule has 0 unspecified atom stereocenters. The molecule has 0 atom stereocenters. The van der Waals surface area contributed by atoms with E-state index in [2.05, 4.69) is 5.32 Å². The number of unbranched alkanes of at least 4 members (excludes halogenated alkanes) is 3. The fourth-order valence-corrected chi connectivity index (χ4v) is 2.71. The van der Waals surface area contributed by atoms with E-state index in [9.17, 15) is 14.0 Å². The molecule has 0 aliphatic carbocycles. The van der Waals surface area contributed by atoms with Crippen molar-refractivity contribution in [3.63, 3.8) is 0 Å². The Morgan fingerprint density at radius 2 is 1.67 bits per heavy atom. The summed E-state index contributed by atoms with van der Waals surface area (Å²) in [4.78, 5) is 22.5. The van der Waals surface area contributed by atoms with E-state index in [1.807, 2.05) is 12.1 Å². The highest BCUT2D eigenvalue weighted by atomic mass is 19.1. The number of carbonyl (C=O) groups is 2.